The SMILES string of the molecule is O=C(O)c1cnc(-c2ccccc2)nc1CCl. The van der Waals surface area contributed by atoms with Gasteiger partial charge in [0, 0.05) is 11.8 Å². The van der Waals surface area contributed by atoms with Crippen molar-refractivity contribution in [2.24, 2.45) is 0 Å². The minimum absolute atomic E-state index is 0.0414. The van der Waals surface area contributed by atoms with Crippen LogP contribution in [0.3, 0.4) is 0 Å². The number of alkyl halides is 1. The van der Waals surface area contributed by atoms with Gasteiger partial charge in [-0.3, -0.25) is 0 Å². The van der Waals surface area contributed by atoms with Crippen LogP contribution in [0.5, 0.6) is 0 Å². The van der Waals surface area contributed by atoms with Gasteiger partial charge in [0.15, 0.2) is 5.82 Å². The first-order chi connectivity index (χ1) is 8.22. The fourth-order valence-electron chi connectivity index (χ4n) is 1.42. The molecule has 2 aromatic rings. The van der Waals surface area contributed by atoms with Crippen LogP contribution in [-0.2, 0) is 5.88 Å². The average molecular weight is 249 g/mol. The smallest absolute Gasteiger partial charge is 0.339 e. The molecule has 0 bridgehead atoms. The number of aromatic carboxylic acids is 1. The third-order valence-corrected chi connectivity index (χ3v) is 2.51. The molecule has 0 saturated heterocycles. The van der Waals surface area contributed by atoms with Crippen LogP contribution in [0.2, 0.25) is 0 Å². The van der Waals surface area contributed by atoms with Gasteiger partial charge in [-0.2, -0.15) is 0 Å². The minimum atomic E-state index is -1.07. The third-order valence-electron chi connectivity index (χ3n) is 2.26. The molecule has 1 heterocycles. The molecule has 0 atom stereocenters. The Morgan fingerprint density at radius 2 is 2.00 bits per heavy atom. The molecule has 0 unspecified atom stereocenters. The van der Waals surface area contributed by atoms with Gasteiger partial charge in [0.1, 0.15) is 5.56 Å². The minimum Gasteiger partial charge on any atom is -0.478 e. The predicted octanol–water partition coefficient (Wildman–Crippen LogP) is 2.58. The molecule has 0 fully saturated rings. The van der Waals surface area contributed by atoms with Crippen molar-refractivity contribution in [2.75, 3.05) is 0 Å². The van der Waals surface area contributed by atoms with Crippen LogP contribution in [0, 0.1) is 0 Å². The molecule has 0 aliphatic rings. The lowest BCUT2D eigenvalue weighted by molar-refractivity contribution is 0.0695. The number of hydrogen-bond acceptors (Lipinski definition) is 3. The highest BCUT2D eigenvalue weighted by Crippen LogP contribution is 2.17. The monoisotopic (exact) mass is 248 g/mol. The predicted molar refractivity (Wildman–Crippen MR) is 64.0 cm³/mol. The van der Waals surface area contributed by atoms with Crippen molar-refractivity contribution in [1.29, 1.82) is 0 Å². The molecule has 1 aromatic carbocycles. The van der Waals surface area contributed by atoms with Crippen LogP contribution < -0.4 is 0 Å². The Morgan fingerprint density at radius 3 is 2.59 bits per heavy atom. The molecule has 4 nitrogen and oxygen atoms in total. The number of carboxylic acid groups (broad SMARTS) is 1. The number of halogens is 1. The van der Waals surface area contributed by atoms with Crippen LogP contribution in [0.15, 0.2) is 36.5 Å². The second kappa shape index (κ2) is 4.93. The summed E-state index contributed by atoms with van der Waals surface area (Å²) in [6.45, 7) is 0. The summed E-state index contributed by atoms with van der Waals surface area (Å²) < 4.78 is 0. The lowest BCUT2D eigenvalue weighted by Gasteiger charge is -2.04. The van der Waals surface area contributed by atoms with Crippen LogP contribution in [0.4, 0.5) is 0 Å². The van der Waals surface area contributed by atoms with Gasteiger partial charge in [0.05, 0.1) is 11.6 Å². The van der Waals surface area contributed by atoms with E-state index in [4.69, 9.17) is 16.7 Å². The van der Waals surface area contributed by atoms with Crippen LogP contribution in [0.1, 0.15) is 16.1 Å². The van der Waals surface area contributed by atoms with E-state index in [1.54, 1.807) is 0 Å². The number of carboxylic acids is 1. The maximum atomic E-state index is 10.9. The van der Waals surface area contributed by atoms with Gasteiger partial charge >= 0.3 is 5.97 Å². The number of nitrogens with zero attached hydrogens (tertiary/aromatic N) is 2. The Balaban J connectivity index is 2.49. The van der Waals surface area contributed by atoms with Gasteiger partial charge < -0.3 is 5.11 Å². The zero-order valence-corrected chi connectivity index (χ0v) is 9.55. The maximum absolute atomic E-state index is 10.9. The van der Waals surface area contributed by atoms with Gasteiger partial charge in [0.2, 0.25) is 0 Å². The molecule has 1 N–H and O–H groups in total. The summed E-state index contributed by atoms with van der Waals surface area (Å²) in [5, 5.41) is 8.92. The fraction of sp³-hybridized carbons (Fsp3) is 0.0833. The normalized spacial score (nSPS) is 10.2. The quantitative estimate of drug-likeness (QED) is 0.848. The van der Waals surface area contributed by atoms with Crippen molar-refractivity contribution in [3.05, 3.63) is 47.8 Å². The van der Waals surface area contributed by atoms with E-state index in [1.807, 2.05) is 30.3 Å². The van der Waals surface area contributed by atoms with E-state index < -0.39 is 5.97 Å². The second-order valence-electron chi connectivity index (χ2n) is 3.36. The molecule has 0 spiro atoms. The number of hydrogen-bond donors (Lipinski definition) is 1. The van der Waals surface area contributed by atoms with Crippen molar-refractivity contribution < 1.29 is 9.90 Å². The fourth-order valence-corrected chi connectivity index (χ4v) is 1.63. The molecule has 0 aliphatic carbocycles. The Kier molecular flexibility index (Phi) is 3.35. The zero-order chi connectivity index (χ0) is 12.3. The number of aromatic nitrogens is 2. The lowest BCUT2D eigenvalue weighted by Crippen LogP contribution is -2.06. The van der Waals surface area contributed by atoms with Crippen molar-refractivity contribution >= 4 is 17.6 Å². The first-order valence-corrected chi connectivity index (χ1v) is 5.46. The zero-order valence-electron chi connectivity index (χ0n) is 8.80. The molecule has 2 rings (SSSR count). The molecule has 1 aromatic heterocycles. The van der Waals surface area contributed by atoms with Gasteiger partial charge in [-0.05, 0) is 0 Å². The summed E-state index contributed by atoms with van der Waals surface area (Å²) in [5.41, 5.74) is 1.20. The third kappa shape index (κ3) is 2.42. The Labute approximate surface area is 103 Å². The van der Waals surface area contributed by atoms with Gasteiger partial charge in [-0.1, -0.05) is 30.3 Å². The van der Waals surface area contributed by atoms with Gasteiger partial charge in [-0.15, -0.1) is 11.6 Å². The van der Waals surface area contributed by atoms with Crippen molar-refractivity contribution in [2.45, 2.75) is 5.88 Å². The van der Waals surface area contributed by atoms with E-state index in [1.165, 1.54) is 6.20 Å². The van der Waals surface area contributed by atoms with Crippen molar-refractivity contribution in [3.63, 3.8) is 0 Å². The summed E-state index contributed by atoms with van der Waals surface area (Å²) in [5.74, 6) is -0.546. The van der Waals surface area contributed by atoms with Crippen LogP contribution in [0.25, 0.3) is 11.4 Å². The van der Waals surface area contributed by atoms with Crippen LogP contribution >= 0.6 is 11.6 Å². The number of carbonyl (C=O) groups is 1. The van der Waals surface area contributed by atoms with E-state index >= 15 is 0 Å². The topological polar surface area (TPSA) is 63.1 Å². The largest absolute Gasteiger partial charge is 0.478 e. The van der Waals surface area contributed by atoms with E-state index in [0.29, 0.717) is 11.5 Å². The summed E-state index contributed by atoms with van der Waals surface area (Å²) >= 11 is 5.68. The Bertz CT molecular complexity index is 543. The van der Waals surface area contributed by atoms with Crippen molar-refractivity contribution in [3.8, 4) is 11.4 Å². The highest BCUT2D eigenvalue weighted by atomic mass is 35.5. The highest BCUT2D eigenvalue weighted by molar-refractivity contribution is 6.17. The first-order valence-electron chi connectivity index (χ1n) is 4.93. The number of benzene rings is 1. The molecule has 0 saturated carbocycles. The lowest BCUT2D eigenvalue weighted by atomic mass is 10.2. The summed E-state index contributed by atoms with van der Waals surface area (Å²) in [4.78, 5) is 19.1. The molecule has 0 amide bonds. The van der Waals surface area contributed by atoms with Crippen LogP contribution in [-0.4, -0.2) is 21.0 Å². The summed E-state index contributed by atoms with van der Waals surface area (Å²) in [6.07, 6.45) is 1.29. The average Bonchev–Trinajstić information content (AvgIpc) is 2.39. The Hall–Kier alpha value is -1.94. The van der Waals surface area contributed by atoms with E-state index in [9.17, 15) is 4.79 Å². The Morgan fingerprint density at radius 1 is 1.29 bits per heavy atom. The van der Waals surface area contributed by atoms with E-state index in [2.05, 4.69) is 9.97 Å². The summed E-state index contributed by atoms with van der Waals surface area (Å²) in [6, 6.07) is 9.33. The maximum Gasteiger partial charge on any atom is 0.339 e. The van der Waals surface area contributed by atoms with Gasteiger partial charge in [0.25, 0.3) is 0 Å². The molecule has 86 valence electrons. The number of rotatable bonds is 3. The summed E-state index contributed by atoms with van der Waals surface area (Å²) in [7, 11) is 0. The molecule has 17 heavy (non-hydrogen) atoms. The standard InChI is InChI=1S/C12H9ClN2O2/c13-6-10-9(12(16)17)7-14-11(15-10)8-4-2-1-3-5-8/h1-5,7H,6H2,(H,16,17). The highest BCUT2D eigenvalue weighted by Gasteiger charge is 2.13. The van der Waals surface area contributed by atoms with Crippen molar-refractivity contribution in [1.82, 2.24) is 9.97 Å². The molecular weight excluding hydrogens is 240 g/mol. The van der Waals surface area contributed by atoms with E-state index in [-0.39, 0.29) is 11.4 Å². The molecule has 5 heteroatoms. The molecule has 0 aliphatic heterocycles. The van der Waals surface area contributed by atoms with E-state index in [0.717, 1.165) is 5.56 Å². The second-order valence-corrected chi connectivity index (χ2v) is 3.63. The molecule has 0 radical (unpaired) electrons. The molecular formula is C12H9ClN2O2. The first kappa shape index (κ1) is 11.5. The van der Waals surface area contributed by atoms with Gasteiger partial charge in [-0.25, -0.2) is 14.8 Å².